The first-order valence-electron chi connectivity index (χ1n) is 4.45. The van der Waals surface area contributed by atoms with Gasteiger partial charge in [0.25, 0.3) is 0 Å². The van der Waals surface area contributed by atoms with Crippen LogP contribution in [0.4, 0.5) is 0 Å². The Kier molecular flexibility index (Phi) is 63.7. The molecule has 108 valence electrons. The van der Waals surface area contributed by atoms with E-state index in [0.29, 0.717) is 26.2 Å². The van der Waals surface area contributed by atoms with Crippen LogP contribution in [0.15, 0.2) is 0 Å². The van der Waals surface area contributed by atoms with Gasteiger partial charge in [-0.15, -0.1) is 0 Å². The zero-order valence-electron chi connectivity index (χ0n) is 10.1. The Morgan fingerprint density at radius 3 is 0.824 bits per heavy atom. The molecular formula is C8H22N4O4Pt. The second-order valence-electron chi connectivity index (χ2n) is 2.14. The molecule has 0 aromatic rings. The number of hydrogen-bond donors (Lipinski definition) is 4. The summed E-state index contributed by atoms with van der Waals surface area (Å²) in [6.07, 6.45) is 0. The monoisotopic (exact) mass is 433 g/mol. The van der Waals surface area contributed by atoms with Gasteiger partial charge in [-0.25, -0.2) is 0 Å². The Labute approximate surface area is 116 Å². The molecule has 0 heterocycles. The fraction of sp³-hybridized carbons (Fsp3) is 0.750. The van der Waals surface area contributed by atoms with Crippen molar-refractivity contribution in [1.29, 1.82) is 0 Å². The number of carboxylic acids is 2. The van der Waals surface area contributed by atoms with Crippen molar-refractivity contribution in [1.82, 2.24) is 0 Å². The molecule has 0 saturated heterocycles. The van der Waals surface area contributed by atoms with Crippen molar-refractivity contribution in [2.75, 3.05) is 26.2 Å². The number of nitrogens with two attached hydrogens (primary N) is 4. The Bertz CT molecular complexity index is 121. The van der Waals surface area contributed by atoms with Crippen LogP contribution >= 0.6 is 0 Å². The molecule has 0 spiro atoms. The van der Waals surface area contributed by atoms with E-state index in [9.17, 15) is 0 Å². The van der Waals surface area contributed by atoms with E-state index in [1.54, 1.807) is 0 Å². The molecule has 0 aliphatic carbocycles. The van der Waals surface area contributed by atoms with E-state index in [-0.39, 0.29) is 21.1 Å². The number of hydrogen-bond acceptors (Lipinski definition) is 8. The van der Waals surface area contributed by atoms with Crippen LogP contribution in [0.3, 0.4) is 0 Å². The van der Waals surface area contributed by atoms with Crippen LogP contribution in [-0.2, 0) is 30.7 Å². The van der Waals surface area contributed by atoms with Crippen LogP contribution in [0, 0.1) is 0 Å². The van der Waals surface area contributed by atoms with Crippen LogP contribution in [0.25, 0.3) is 0 Å². The average molecular weight is 433 g/mol. The molecule has 0 aromatic carbocycles. The van der Waals surface area contributed by atoms with Gasteiger partial charge in [0, 0.05) is 38.1 Å². The molecule has 0 radical (unpaired) electrons. The van der Waals surface area contributed by atoms with Crippen molar-refractivity contribution in [2.45, 2.75) is 13.8 Å². The van der Waals surface area contributed by atoms with Gasteiger partial charge in [-0.1, -0.05) is 0 Å². The summed E-state index contributed by atoms with van der Waals surface area (Å²) in [5.74, 6) is -2.17. The minimum absolute atomic E-state index is 0. The van der Waals surface area contributed by atoms with Crippen molar-refractivity contribution < 1.29 is 40.9 Å². The molecule has 8 N–H and O–H groups in total. The van der Waals surface area contributed by atoms with Crippen molar-refractivity contribution in [2.24, 2.45) is 22.9 Å². The van der Waals surface area contributed by atoms with Crippen molar-refractivity contribution >= 4 is 11.9 Å². The van der Waals surface area contributed by atoms with E-state index in [2.05, 4.69) is 0 Å². The van der Waals surface area contributed by atoms with Gasteiger partial charge >= 0.3 is 21.1 Å². The van der Waals surface area contributed by atoms with Gasteiger partial charge in [0.1, 0.15) is 0 Å². The van der Waals surface area contributed by atoms with Gasteiger partial charge in [0.05, 0.1) is 0 Å². The summed E-state index contributed by atoms with van der Waals surface area (Å²) >= 11 is 0. The van der Waals surface area contributed by atoms with Gasteiger partial charge in [0.2, 0.25) is 0 Å². The smallest absolute Gasteiger partial charge is 0.550 e. The molecule has 0 atom stereocenters. The Morgan fingerprint density at radius 1 is 0.765 bits per heavy atom. The van der Waals surface area contributed by atoms with E-state index in [4.69, 9.17) is 42.7 Å². The standard InChI is InChI=1S/2C2H8N2.2C2H4O2.Pt/c2*3-1-2-4;2*1-2(3)4;/h2*1-4H2;2*1H3,(H,3,4);/q;;;;+2/p-2. The van der Waals surface area contributed by atoms with Gasteiger partial charge in [-0.2, -0.15) is 0 Å². The van der Waals surface area contributed by atoms with Gasteiger partial charge in [-0.05, 0) is 13.8 Å². The molecule has 8 nitrogen and oxygen atoms in total. The molecule has 0 aromatic heterocycles. The number of carboxylic acid groups (broad SMARTS) is 2. The average Bonchev–Trinajstić information content (AvgIpc) is 2.16. The topological polar surface area (TPSA) is 184 Å². The molecule has 0 amide bonds. The zero-order valence-corrected chi connectivity index (χ0v) is 12.4. The van der Waals surface area contributed by atoms with Crippen LogP contribution in [0.2, 0.25) is 0 Å². The second kappa shape index (κ2) is 36.1. The van der Waals surface area contributed by atoms with Crippen LogP contribution in [0.1, 0.15) is 13.8 Å². The maximum absolute atomic E-state index is 8.89. The molecule has 0 aliphatic rings. The number of aliphatic carboxylic acids is 2. The third-order valence-corrected chi connectivity index (χ3v) is 0.333. The molecule has 0 bridgehead atoms. The summed E-state index contributed by atoms with van der Waals surface area (Å²) < 4.78 is 0. The maximum Gasteiger partial charge on any atom is 2.00 e. The third kappa shape index (κ3) is 1300. The van der Waals surface area contributed by atoms with Crippen molar-refractivity contribution in [3.05, 3.63) is 0 Å². The SMILES string of the molecule is CC(=O)[O-].CC(=O)[O-].NCCN.NCCN.[Pt+2]. The second-order valence-corrected chi connectivity index (χ2v) is 2.14. The predicted octanol–water partition coefficient (Wildman–Crippen LogP) is -4.68. The first-order valence-corrected chi connectivity index (χ1v) is 4.45. The normalized spacial score (nSPS) is 6.47. The summed E-state index contributed by atoms with van der Waals surface area (Å²) in [5, 5.41) is 17.8. The van der Waals surface area contributed by atoms with E-state index in [1.165, 1.54) is 0 Å². The summed E-state index contributed by atoms with van der Waals surface area (Å²) in [6.45, 7) is 4.33. The Balaban J connectivity index is -0.0000000369. The van der Waals surface area contributed by atoms with Crippen LogP contribution < -0.4 is 33.1 Å². The summed E-state index contributed by atoms with van der Waals surface area (Å²) in [7, 11) is 0. The molecule has 9 heteroatoms. The minimum Gasteiger partial charge on any atom is -0.550 e. The first-order chi connectivity index (χ1) is 7.29. The summed E-state index contributed by atoms with van der Waals surface area (Å²) in [6, 6.07) is 0. The molecule has 0 aliphatic heterocycles. The molecule has 0 rings (SSSR count). The quantitative estimate of drug-likeness (QED) is 0.335. The zero-order chi connectivity index (χ0) is 14.0. The van der Waals surface area contributed by atoms with E-state index in [0.717, 1.165) is 13.8 Å². The third-order valence-electron chi connectivity index (χ3n) is 0.333. The molecule has 0 fully saturated rings. The number of carbonyl (C=O) groups is 2. The Morgan fingerprint density at radius 2 is 0.824 bits per heavy atom. The molecule has 0 unspecified atom stereocenters. The minimum atomic E-state index is -1.08. The largest absolute Gasteiger partial charge is 2.00 e. The van der Waals surface area contributed by atoms with E-state index >= 15 is 0 Å². The summed E-state index contributed by atoms with van der Waals surface area (Å²) in [4.78, 5) is 17.8. The molecule has 0 saturated carbocycles. The maximum atomic E-state index is 8.89. The number of carbonyl (C=O) groups excluding carboxylic acids is 2. The van der Waals surface area contributed by atoms with Gasteiger partial charge in [0.15, 0.2) is 0 Å². The Hall–Kier alpha value is -0.532. The first kappa shape index (κ1) is 30.0. The van der Waals surface area contributed by atoms with Crippen molar-refractivity contribution in [3.8, 4) is 0 Å². The van der Waals surface area contributed by atoms with E-state index in [1.807, 2.05) is 0 Å². The van der Waals surface area contributed by atoms with Gasteiger partial charge in [-0.3, -0.25) is 0 Å². The molecular weight excluding hydrogens is 411 g/mol. The fourth-order valence-corrected chi connectivity index (χ4v) is 0. The summed E-state index contributed by atoms with van der Waals surface area (Å²) in [5.41, 5.74) is 19.6. The van der Waals surface area contributed by atoms with Crippen molar-refractivity contribution in [3.63, 3.8) is 0 Å². The van der Waals surface area contributed by atoms with Crippen LogP contribution in [0.5, 0.6) is 0 Å². The van der Waals surface area contributed by atoms with Crippen LogP contribution in [-0.4, -0.2) is 38.1 Å². The number of rotatable bonds is 2. The predicted molar refractivity (Wildman–Crippen MR) is 57.6 cm³/mol. The fourth-order valence-electron chi connectivity index (χ4n) is 0. The molecule has 17 heavy (non-hydrogen) atoms. The van der Waals surface area contributed by atoms with E-state index < -0.39 is 11.9 Å². The van der Waals surface area contributed by atoms with Gasteiger partial charge < -0.3 is 42.7 Å².